The van der Waals surface area contributed by atoms with Crippen LogP contribution in [0.25, 0.3) is 10.4 Å². The first-order valence-electron chi connectivity index (χ1n) is 11.1. The summed E-state index contributed by atoms with van der Waals surface area (Å²) in [5.41, 5.74) is 1.46. The van der Waals surface area contributed by atoms with Crippen LogP contribution in [0.15, 0.2) is 35.5 Å². The van der Waals surface area contributed by atoms with Crippen LogP contribution in [0.3, 0.4) is 0 Å². The van der Waals surface area contributed by atoms with Gasteiger partial charge in [0.25, 0.3) is 10.0 Å². The lowest BCUT2D eigenvalue weighted by Gasteiger charge is -2.37. The van der Waals surface area contributed by atoms with E-state index in [1.807, 2.05) is 13.0 Å². The Kier molecular flexibility index (Phi) is 6.88. The Labute approximate surface area is 204 Å². The fourth-order valence-electron chi connectivity index (χ4n) is 4.18. The molecule has 0 saturated carbocycles. The van der Waals surface area contributed by atoms with E-state index in [9.17, 15) is 8.42 Å². The highest BCUT2D eigenvalue weighted by Crippen LogP contribution is 2.39. The van der Waals surface area contributed by atoms with Gasteiger partial charge in [-0.15, -0.1) is 0 Å². The van der Waals surface area contributed by atoms with Crippen molar-refractivity contribution in [3.8, 4) is 16.2 Å². The zero-order chi connectivity index (χ0) is 24.5. The van der Waals surface area contributed by atoms with Crippen LogP contribution >= 0.6 is 11.3 Å². The molecular formula is C23H31N5O4S2. The number of anilines is 2. The Morgan fingerprint density at radius 1 is 1.26 bits per heavy atom. The van der Waals surface area contributed by atoms with E-state index in [0.717, 1.165) is 47.3 Å². The number of nitrogens with one attached hydrogen (secondary N) is 2. The van der Waals surface area contributed by atoms with Gasteiger partial charge in [0.15, 0.2) is 5.13 Å². The van der Waals surface area contributed by atoms with Crippen molar-refractivity contribution in [3.63, 3.8) is 0 Å². The second-order valence-corrected chi connectivity index (χ2v) is 11.6. The van der Waals surface area contributed by atoms with Gasteiger partial charge < -0.3 is 19.4 Å². The second kappa shape index (κ2) is 9.55. The largest absolute Gasteiger partial charge is 0.495 e. The Morgan fingerprint density at radius 2 is 2.00 bits per heavy atom. The van der Waals surface area contributed by atoms with Crippen molar-refractivity contribution < 1.29 is 17.9 Å². The van der Waals surface area contributed by atoms with Crippen molar-refractivity contribution in [2.45, 2.75) is 44.0 Å². The minimum Gasteiger partial charge on any atom is -0.495 e. The van der Waals surface area contributed by atoms with Crippen LogP contribution in [0, 0.1) is 12.8 Å². The lowest BCUT2D eigenvalue weighted by atomic mass is 9.82. The third-order valence-corrected chi connectivity index (χ3v) is 8.70. The van der Waals surface area contributed by atoms with Gasteiger partial charge in [-0.2, -0.15) is 0 Å². The Morgan fingerprint density at radius 3 is 2.65 bits per heavy atom. The molecule has 2 aromatic heterocycles. The molecule has 11 heteroatoms. The third-order valence-electron chi connectivity index (χ3n) is 6.23. The van der Waals surface area contributed by atoms with E-state index in [0.29, 0.717) is 5.92 Å². The summed E-state index contributed by atoms with van der Waals surface area (Å²) in [4.78, 5) is 9.75. The first-order chi connectivity index (χ1) is 16.1. The summed E-state index contributed by atoms with van der Waals surface area (Å²) >= 11 is 1.52. The van der Waals surface area contributed by atoms with Crippen molar-refractivity contribution >= 4 is 32.4 Å². The molecule has 184 valence electrons. The van der Waals surface area contributed by atoms with E-state index in [1.165, 1.54) is 24.6 Å². The first-order valence-corrected chi connectivity index (χ1v) is 13.4. The number of aromatic nitrogens is 3. The minimum absolute atomic E-state index is 0.0420. The molecule has 0 spiro atoms. The first kappa shape index (κ1) is 24.5. The molecule has 1 fully saturated rings. The highest BCUT2D eigenvalue weighted by atomic mass is 32.2. The molecule has 0 unspecified atom stereocenters. The molecule has 3 aromatic rings. The van der Waals surface area contributed by atoms with Crippen LogP contribution in [-0.2, 0) is 21.8 Å². The number of hydrogen-bond acceptors (Lipinski definition) is 8. The zero-order valence-corrected chi connectivity index (χ0v) is 21.7. The van der Waals surface area contributed by atoms with Crippen LogP contribution in [0.5, 0.6) is 5.75 Å². The second-order valence-electron chi connectivity index (χ2n) is 9.00. The molecule has 1 aliphatic heterocycles. The molecule has 3 heterocycles. The van der Waals surface area contributed by atoms with Crippen LogP contribution in [0.4, 0.5) is 11.1 Å². The lowest BCUT2D eigenvalue weighted by Crippen LogP contribution is -2.42. The normalized spacial score (nSPS) is 15.3. The fraction of sp³-hybridized carbons (Fsp3) is 0.478. The molecule has 1 aromatic carbocycles. The lowest BCUT2D eigenvalue weighted by molar-refractivity contribution is 0.0491. The standard InChI is InChI=1S/C23H31N5O4S2/c1-15-20(33-22(25-15)26-23(2,3)17-8-12-32-13-9-17)16-6-7-18(31-5)19(14-16)34(29,30)27-21-24-10-11-28(21)4/h6-7,10-11,14,17H,8-9,12-13H2,1-5H3,(H,24,27)(H,25,26). The average molecular weight is 506 g/mol. The van der Waals surface area contributed by atoms with Crippen LogP contribution in [-0.4, -0.2) is 48.8 Å². The van der Waals surface area contributed by atoms with Crippen LogP contribution < -0.4 is 14.8 Å². The van der Waals surface area contributed by atoms with E-state index in [-0.39, 0.29) is 22.1 Å². The SMILES string of the molecule is COc1ccc(-c2sc(NC(C)(C)C3CCOCC3)nc2C)cc1S(=O)(=O)Nc1nccn1C. The molecule has 0 atom stereocenters. The summed E-state index contributed by atoms with van der Waals surface area (Å²) in [5.74, 6) is 0.971. The number of ether oxygens (including phenoxy) is 2. The maximum Gasteiger partial charge on any atom is 0.267 e. The van der Waals surface area contributed by atoms with Gasteiger partial charge in [0.05, 0.1) is 17.7 Å². The van der Waals surface area contributed by atoms with Crippen molar-refractivity contribution in [3.05, 3.63) is 36.3 Å². The fourth-order valence-corrected chi connectivity index (χ4v) is 6.56. The smallest absolute Gasteiger partial charge is 0.267 e. The predicted molar refractivity (Wildman–Crippen MR) is 134 cm³/mol. The van der Waals surface area contributed by atoms with Gasteiger partial charge in [-0.05, 0) is 63.3 Å². The molecule has 0 radical (unpaired) electrons. The number of benzene rings is 1. The Hall–Kier alpha value is -2.63. The molecule has 0 aliphatic carbocycles. The molecule has 34 heavy (non-hydrogen) atoms. The van der Waals surface area contributed by atoms with E-state index in [4.69, 9.17) is 14.5 Å². The summed E-state index contributed by atoms with van der Waals surface area (Å²) in [6.45, 7) is 7.89. The highest BCUT2D eigenvalue weighted by molar-refractivity contribution is 7.92. The zero-order valence-electron chi connectivity index (χ0n) is 20.1. The molecule has 9 nitrogen and oxygen atoms in total. The number of methoxy groups -OCH3 is 1. The summed E-state index contributed by atoms with van der Waals surface area (Å²) in [6, 6.07) is 5.14. The van der Waals surface area contributed by atoms with Gasteiger partial charge in [0, 0.05) is 38.2 Å². The summed E-state index contributed by atoms with van der Waals surface area (Å²) in [6.07, 6.45) is 5.23. The molecule has 1 saturated heterocycles. The van der Waals surface area contributed by atoms with E-state index < -0.39 is 10.0 Å². The van der Waals surface area contributed by atoms with Crippen molar-refractivity contribution in [2.75, 3.05) is 30.4 Å². The highest BCUT2D eigenvalue weighted by Gasteiger charge is 2.32. The molecule has 4 rings (SSSR count). The monoisotopic (exact) mass is 505 g/mol. The Balaban J connectivity index is 1.64. The molecular weight excluding hydrogens is 474 g/mol. The Bertz CT molecular complexity index is 1260. The van der Waals surface area contributed by atoms with Crippen molar-refractivity contribution in [1.82, 2.24) is 14.5 Å². The predicted octanol–water partition coefficient (Wildman–Crippen LogP) is 4.28. The maximum absolute atomic E-state index is 13.2. The molecule has 0 amide bonds. The van der Waals surface area contributed by atoms with Gasteiger partial charge in [0.1, 0.15) is 10.6 Å². The van der Waals surface area contributed by atoms with E-state index >= 15 is 0 Å². The third kappa shape index (κ3) is 5.06. The minimum atomic E-state index is -3.93. The van der Waals surface area contributed by atoms with Crippen LogP contribution in [0.1, 0.15) is 32.4 Å². The number of nitrogens with zero attached hydrogens (tertiary/aromatic N) is 3. The summed E-state index contributed by atoms with van der Waals surface area (Å²) in [5, 5.41) is 4.42. The van der Waals surface area contributed by atoms with Gasteiger partial charge >= 0.3 is 0 Å². The van der Waals surface area contributed by atoms with Gasteiger partial charge in [0.2, 0.25) is 5.95 Å². The van der Waals surface area contributed by atoms with Crippen molar-refractivity contribution in [2.24, 2.45) is 13.0 Å². The topological polar surface area (TPSA) is 107 Å². The van der Waals surface area contributed by atoms with Gasteiger partial charge in [-0.25, -0.2) is 23.1 Å². The molecule has 2 N–H and O–H groups in total. The summed E-state index contributed by atoms with van der Waals surface area (Å²) < 4.78 is 41.4. The maximum atomic E-state index is 13.2. The quantitative estimate of drug-likeness (QED) is 0.470. The number of sulfonamides is 1. The number of aryl methyl sites for hydroxylation is 2. The van der Waals surface area contributed by atoms with Gasteiger partial charge in [-0.3, -0.25) is 0 Å². The number of imidazole rings is 1. The van der Waals surface area contributed by atoms with E-state index in [1.54, 1.807) is 29.9 Å². The number of rotatable bonds is 8. The van der Waals surface area contributed by atoms with Gasteiger partial charge in [-0.1, -0.05) is 11.3 Å². The molecule has 1 aliphatic rings. The van der Waals surface area contributed by atoms with E-state index in [2.05, 4.69) is 28.9 Å². The summed E-state index contributed by atoms with van der Waals surface area (Å²) in [7, 11) is -0.761. The van der Waals surface area contributed by atoms with Crippen LogP contribution in [0.2, 0.25) is 0 Å². The molecule has 0 bridgehead atoms. The number of hydrogen-bond donors (Lipinski definition) is 2. The van der Waals surface area contributed by atoms with Crippen molar-refractivity contribution in [1.29, 1.82) is 0 Å². The number of thiazole rings is 1. The average Bonchev–Trinajstić information content (AvgIpc) is 3.37.